The van der Waals surface area contributed by atoms with Crippen LogP contribution in [0, 0.1) is 19.3 Å². The summed E-state index contributed by atoms with van der Waals surface area (Å²) in [6.45, 7) is 11.3. The number of hydrogen-bond donors (Lipinski definition) is 2. The van der Waals surface area contributed by atoms with E-state index in [1.165, 1.54) is 12.1 Å². The van der Waals surface area contributed by atoms with Crippen molar-refractivity contribution in [3.63, 3.8) is 0 Å². The van der Waals surface area contributed by atoms with Gasteiger partial charge in [0.1, 0.15) is 17.3 Å². The normalized spacial score (nSPS) is 19.5. The van der Waals surface area contributed by atoms with E-state index in [0.29, 0.717) is 35.9 Å². The number of fused-ring (bicyclic) bond motifs is 1. The lowest BCUT2D eigenvalue weighted by molar-refractivity contribution is 0.0760. The lowest BCUT2D eigenvalue weighted by Gasteiger charge is -2.39. The number of nitrogens with one attached hydrogen (secondary N) is 2. The Hall–Kier alpha value is -4.03. The molecule has 1 spiro atoms. The molecule has 2 aromatic heterocycles. The van der Waals surface area contributed by atoms with Crippen molar-refractivity contribution in [2.24, 2.45) is 0 Å². The van der Waals surface area contributed by atoms with Gasteiger partial charge in [-0.15, -0.1) is 0 Å². The van der Waals surface area contributed by atoms with E-state index >= 15 is 0 Å². The standard InChI is InChI=1S/C25H22FN7O/c1-15-22(24(34)32-10-8-25(14-32)7-9-28-25)30-23(16-3-5-21(27-2)19(26)12-16)33(15)18-4-6-20-17(11-18)13-29-31-20/h3-6,11-13,28H,7-10,14H2,1H3,(H,29,31). The Morgan fingerprint density at radius 1 is 1.24 bits per heavy atom. The molecule has 170 valence electrons. The summed E-state index contributed by atoms with van der Waals surface area (Å²) < 4.78 is 16.4. The Morgan fingerprint density at radius 2 is 2.09 bits per heavy atom. The van der Waals surface area contributed by atoms with Crippen LogP contribution in [-0.4, -0.2) is 55.7 Å². The van der Waals surface area contributed by atoms with Crippen molar-refractivity contribution >= 4 is 22.5 Å². The third kappa shape index (κ3) is 3.10. The number of amides is 1. The fraction of sp³-hybridized carbons (Fsp3) is 0.280. The lowest BCUT2D eigenvalue weighted by atomic mass is 9.87. The van der Waals surface area contributed by atoms with Gasteiger partial charge in [-0.1, -0.05) is 12.1 Å². The number of aromatic amines is 1. The van der Waals surface area contributed by atoms with Crippen LogP contribution in [0.15, 0.2) is 42.6 Å². The number of aromatic nitrogens is 4. The number of benzene rings is 2. The van der Waals surface area contributed by atoms with Crippen LogP contribution < -0.4 is 5.32 Å². The first-order chi connectivity index (χ1) is 16.5. The third-order valence-electron chi connectivity index (χ3n) is 7.06. The molecule has 0 radical (unpaired) electrons. The van der Waals surface area contributed by atoms with Crippen molar-refractivity contribution in [2.45, 2.75) is 25.3 Å². The van der Waals surface area contributed by atoms with Gasteiger partial charge >= 0.3 is 0 Å². The van der Waals surface area contributed by atoms with Gasteiger partial charge in [0.2, 0.25) is 5.69 Å². The summed E-state index contributed by atoms with van der Waals surface area (Å²) in [7, 11) is 0. The fourth-order valence-corrected chi connectivity index (χ4v) is 5.04. The molecule has 0 saturated carbocycles. The minimum absolute atomic E-state index is 0.0417. The molecule has 0 aliphatic carbocycles. The van der Waals surface area contributed by atoms with Gasteiger partial charge in [0, 0.05) is 35.3 Å². The summed E-state index contributed by atoms with van der Waals surface area (Å²) >= 11 is 0. The number of carbonyl (C=O) groups excluding carboxylic acids is 1. The van der Waals surface area contributed by atoms with Crippen LogP contribution in [0.4, 0.5) is 10.1 Å². The van der Waals surface area contributed by atoms with Gasteiger partial charge < -0.3 is 10.2 Å². The van der Waals surface area contributed by atoms with E-state index in [4.69, 9.17) is 11.6 Å². The van der Waals surface area contributed by atoms with E-state index in [-0.39, 0.29) is 17.1 Å². The van der Waals surface area contributed by atoms with Crippen LogP contribution in [0.25, 0.3) is 32.8 Å². The summed E-state index contributed by atoms with van der Waals surface area (Å²) in [4.78, 5) is 23.4. The average molecular weight is 455 g/mol. The fourth-order valence-electron chi connectivity index (χ4n) is 5.04. The summed E-state index contributed by atoms with van der Waals surface area (Å²) in [5.41, 5.74) is 3.21. The van der Waals surface area contributed by atoms with E-state index in [0.717, 1.165) is 36.0 Å². The maximum atomic E-state index is 14.5. The topological polar surface area (TPSA) is 83.2 Å². The van der Waals surface area contributed by atoms with Crippen molar-refractivity contribution < 1.29 is 9.18 Å². The van der Waals surface area contributed by atoms with Crippen molar-refractivity contribution in [3.05, 3.63) is 71.2 Å². The molecule has 2 aromatic carbocycles. The number of hydrogen-bond acceptors (Lipinski definition) is 4. The van der Waals surface area contributed by atoms with Crippen LogP contribution in [-0.2, 0) is 0 Å². The summed E-state index contributed by atoms with van der Waals surface area (Å²) in [5.74, 6) is -0.282. The number of rotatable bonds is 3. The van der Waals surface area contributed by atoms with E-state index in [1.807, 2.05) is 34.6 Å². The van der Waals surface area contributed by atoms with Gasteiger partial charge in [-0.3, -0.25) is 14.5 Å². The maximum Gasteiger partial charge on any atom is 0.274 e. The number of H-pyrrole nitrogens is 1. The molecule has 8 nitrogen and oxygen atoms in total. The van der Waals surface area contributed by atoms with Gasteiger partial charge in [0.05, 0.1) is 24.0 Å². The van der Waals surface area contributed by atoms with Crippen LogP contribution >= 0.6 is 0 Å². The molecular weight excluding hydrogens is 433 g/mol. The van der Waals surface area contributed by atoms with E-state index in [1.54, 1.807) is 12.3 Å². The van der Waals surface area contributed by atoms with Gasteiger partial charge in [-0.05, 0) is 50.6 Å². The van der Waals surface area contributed by atoms with Gasteiger partial charge in [-0.2, -0.15) is 5.10 Å². The highest BCUT2D eigenvalue weighted by Crippen LogP contribution is 2.34. The molecule has 9 heteroatoms. The molecule has 2 N–H and O–H groups in total. The molecule has 2 saturated heterocycles. The predicted molar refractivity (Wildman–Crippen MR) is 125 cm³/mol. The second-order valence-corrected chi connectivity index (χ2v) is 9.06. The van der Waals surface area contributed by atoms with E-state index < -0.39 is 5.82 Å². The molecule has 6 rings (SSSR count). The number of halogens is 1. The van der Waals surface area contributed by atoms with Crippen LogP contribution in [0.1, 0.15) is 29.0 Å². The number of imidazole rings is 1. The molecule has 1 atom stereocenters. The molecule has 4 aromatic rings. The van der Waals surface area contributed by atoms with Crippen LogP contribution in [0.2, 0.25) is 0 Å². The molecule has 4 heterocycles. The number of likely N-dealkylation sites (tertiary alicyclic amines) is 1. The van der Waals surface area contributed by atoms with Gasteiger partial charge in [0.25, 0.3) is 5.91 Å². The maximum absolute atomic E-state index is 14.5. The first-order valence-electron chi connectivity index (χ1n) is 11.2. The van der Waals surface area contributed by atoms with Crippen molar-refractivity contribution in [3.8, 4) is 17.1 Å². The SMILES string of the molecule is [C-]#[N+]c1ccc(-c2nc(C(=O)N3CCC4(CCN4)C3)c(C)n2-c2ccc3[nH]ncc3c2)cc1F. The highest BCUT2D eigenvalue weighted by atomic mass is 19.1. The Kier molecular flexibility index (Phi) is 4.54. The quantitative estimate of drug-likeness (QED) is 0.458. The largest absolute Gasteiger partial charge is 0.335 e. The minimum atomic E-state index is -0.615. The van der Waals surface area contributed by atoms with Crippen molar-refractivity contribution in [2.75, 3.05) is 19.6 Å². The first-order valence-corrected chi connectivity index (χ1v) is 11.2. The van der Waals surface area contributed by atoms with E-state index in [9.17, 15) is 9.18 Å². The van der Waals surface area contributed by atoms with Crippen LogP contribution in [0.5, 0.6) is 0 Å². The Labute approximate surface area is 195 Å². The van der Waals surface area contributed by atoms with Crippen molar-refractivity contribution in [1.29, 1.82) is 0 Å². The lowest BCUT2D eigenvalue weighted by Crippen LogP contribution is -2.58. The minimum Gasteiger partial charge on any atom is -0.335 e. The molecule has 2 aliphatic heterocycles. The van der Waals surface area contributed by atoms with Gasteiger partial charge in [-0.25, -0.2) is 14.2 Å². The molecule has 1 unspecified atom stereocenters. The molecule has 1 amide bonds. The average Bonchev–Trinajstić information content (AvgIpc) is 3.54. The van der Waals surface area contributed by atoms with Gasteiger partial charge in [0.15, 0.2) is 0 Å². The zero-order valence-corrected chi connectivity index (χ0v) is 18.6. The summed E-state index contributed by atoms with van der Waals surface area (Å²) in [6.07, 6.45) is 3.75. The van der Waals surface area contributed by atoms with Crippen molar-refractivity contribution in [1.82, 2.24) is 30.0 Å². The van der Waals surface area contributed by atoms with Crippen LogP contribution in [0.3, 0.4) is 0 Å². The summed E-state index contributed by atoms with van der Waals surface area (Å²) in [6, 6.07) is 10.2. The molecular formula is C25H22FN7O. The number of nitrogens with zero attached hydrogens (tertiary/aromatic N) is 5. The predicted octanol–water partition coefficient (Wildman–Crippen LogP) is 3.99. The Bertz CT molecular complexity index is 1490. The third-order valence-corrected chi connectivity index (χ3v) is 7.06. The highest BCUT2D eigenvalue weighted by Gasteiger charge is 2.44. The molecule has 34 heavy (non-hydrogen) atoms. The Balaban J connectivity index is 1.48. The molecule has 0 bridgehead atoms. The zero-order valence-electron chi connectivity index (χ0n) is 18.6. The number of carbonyl (C=O) groups is 1. The molecule has 2 fully saturated rings. The second kappa shape index (κ2) is 7.50. The first kappa shape index (κ1) is 20.6. The second-order valence-electron chi connectivity index (χ2n) is 9.06. The smallest absolute Gasteiger partial charge is 0.274 e. The highest BCUT2D eigenvalue weighted by molar-refractivity contribution is 5.95. The Morgan fingerprint density at radius 3 is 2.79 bits per heavy atom. The molecule has 2 aliphatic rings. The van der Waals surface area contributed by atoms with E-state index in [2.05, 4.69) is 20.4 Å². The monoisotopic (exact) mass is 455 g/mol. The summed E-state index contributed by atoms with van der Waals surface area (Å²) in [5, 5.41) is 11.4. The zero-order chi connectivity index (χ0) is 23.4.